The Morgan fingerprint density at radius 2 is 2.20 bits per heavy atom. The zero-order valence-corrected chi connectivity index (χ0v) is 9.52. The highest BCUT2D eigenvalue weighted by Crippen LogP contribution is 2.09. The minimum absolute atomic E-state index is 0.460. The Hall–Kier alpha value is -1.58. The van der Waals surface area contributed by atoms with Gasteiger partial charge in [-0.3, -0.25) is 0 Å². The fourth-order valence-electron chi connectivity index (χ4n) is 1.02. The van der Waals surface area contributed by atoms with Crippen LogP contribution in [0.25, 0.3) is 6.08 Å². The van der Waals surface area contributed by atoms with Gasteiger partial charge in [0.05, 0.1) is 6.20 Å². The molecule has 0 saturated carbocycles. The van der Waals surface area contributed by atoms with Crippen molar-refractivity contribution in [3.05, 3.63) is 24.0 Å². The maximum Gasteiger partial charge on any atom is 0.435 e. The van der Waals surface area contributed by atoms with Gasteiger partial charge in [0, 0.05) is 11.8 Å². The molecule has 0 aliphatic heterocycles. The first-order valence-corrected chi connectivity index (χ1v) is 4.83. The number of rotatable bonds is 1. The Balaban J connectivity index is 2.75. The average molecular weight is 208 g/mol. The molecule has 0 aromatic carbocycles. The molecular formula is C11H16N2O2. The summed E-state index contributed by atoms with van der Waals surface area (Å²) in [5, 5.41) is 3.91. The van der Waals surface area contributed by atoms with E-state index >= 15 is 0 Å². The van der Waals surface area contributed by atoms with Gasteiger partial charge < -0.3 is 4.74 Å². The fraction of sp³-hybridized carbons (Fsp3) is 0.455. The molecule has 4 nitrogen and oxygen atoms in total. The Morgan fingerprint density at radius 3 is 2.73 bits per heavy atom. The van der Waals surface area contributed by atoms with Crippen LogP contribution in [0.4, 0.5) is 4.79 Å². The molecule has 1 aromatic rings. The van der Waals surface area contributed by atoms with Crippen molar-refractivity contribution in [2.24, 2.45) is 0 Å². The van der Waals surface area contributed by atoms with Crippen LogP contribution >= 0.6 is 0 Å². The maximum atomic E-state index is 11.5. The van der Waals surface area contributed by atoms with Crippen LogP contribution in [0.2, 0.25) is 0 Å². The molecule has 0 unspecified atom stereocenters. The Kier molecular flexibility index (Phi) is 3.29. The smallest absolute Gasteiger partial charge is 0.435 e. The predicted octanol–water partition coefficient (Wildman–Crippen LogP) is 2.70. The van der Waals surface area contributed by atoms with Gasteiger partial charge in [-0.05, 0) is 27.7 Å². The van der Waals surface area contributed by atoms with Gasteiger partial charge in [-0.2, -0.15) is 9.78 Å². The van der Waals surface area contributed by atoms with Gasteiger partial charge in [-0.15, -0.1) is 0 Å². The van der Waals surface area contributed by atoms with Crippen LogP contribution in [0.5, 0.6) is 0 Å². The Bertz CT molecular complexity index is 372. The van der Waals surface area contributed by atoms with E-state index in [-0.39, 0.29) is 0 Å². The van der Waals surface area contributed by atoms with Gasteiger partial charge in [-0.1, -0.05) is 12.2 Å². The van der Waals surface area contributed by atoms with Crippen molar-refractivity contribution in [2.75, 3.05) is 0 Å². The highest BCUT2D eigenvalue weighted by Gasteiger charge is 2.17. The first kappa shape index (κ1) is 11.5. The minimum atomic E-state index is -0.496. The summed E-state index contributed by atoms with van der Waals surface area (Å²) in [7, 11) is 0. The van der Waals surface area contributed by atoms with Crippen LogP contribution in [-0.4, -0.2) is 21.5 Å². The van der Waals surface area contributed by atoms with Crippen molar-refractivity contribution in [2.45, 2.75) is 33.3 Å². The second kappa shape index (κ2) is 4.29. The van der Waals surface area contributed by atoms with E-state index in [1.165, 1.54) is 4.68 Å². The molecule has 0 amide bonds. The van der Waals surface area contributed by atoms with Gasteiger partial charge in [0.15, 0.2) is 0 Å². The van der Waals surface area contributed by atoms with Crippen molar-refractivity contribution in [1.82, 2.24) is 9.78 Å². The van der Waals surface area contributed by atoms with Crippen LogP contribution < -0.4 is 0 Å². The first-order valence-electron chi connectivity index (χ1n) is 4.83. The fourth-order valence-corrected chi connectivity index (χ4v) is 1.02. The Morgan fingerprint density at radius 1 is 1.53 bits per heavy atom. The number of hydrogen-bond acceptors (Lipinski definition) is 3. The van der Waals surface area contributed by atoms with Gasteiger partial charge in [-0.25, -0.2) is 4.79 Å². The molecule has 0 aliphatic carbocycles. The van der Waals surface area contributed by atoms with Gasteiger partial charge >= 0.3 is 6.09 Å². The molecule has 0 spiro atoms. The van der Waals surface area contributed by atoms with Crippen LogP contribution in [-0.2, 0) is 4.74 Å². The lowest BCUT2D eigenvalue weighted by Gasteiger charge is -2.18. The Labute approximate surface area is 89.5 Å². The lowest BCUT2D eigenvalue weighted by atomic mass is 10.2. The maximum absolute atomic E-state index is 11.5. The summed E-state index contributed by atoms with van der Waals surface area (Å²) in [6.07, 6.45) is 6.54. The number of hydrogen-bond donors (Lipinski definition) is 0. The SMILES string of the molecule is CC=Cc1cnn(C(=O)OC(C)(C)C)c1. The third-order valence-electron chi connectivity index (χ3n) is 1.54. The molecule has 0 atom stereocenters. The van der Waals surface area contributed by atoms with Crippen LogP contribution in [0.15, 0.2) is 18.5 Å². The standard InChI is InChI=1S/C11H16N2O2/c1-5-6-9-7-12-13(8-9)10(14)15-11(2,3)4/h5-8H,1-4H3. The van der Waals surface area contributed by atoms with Crippen molar-refractivity contribution < 1.29 is 9.53 Å². The zero-order valence-electron chi connectivity index (χ0n) is 9.52. The molecule has 0 fully saturated rings. The average Bonchev–Trinajstić information content (AvgIpc) is 2.50. The molecule has 1 rings (SSSR count). The van der Waals surface area contributed by atoms with E-state index in [4.69, 9.17) is 4.74 Å². The van der Waals surface area contributed by atoms with Gasteiger partial charge in [0.2, 0.25) is 0 Å². The van der Waals surface area contributed by atoms with Crippen LogP contribution in [0.1, 0.15) is 33.3 Å². The lowest BCUT2D eigenvalue weighted by Crippen LogP contribution is -2.27. The molecule has 82 valence electrons. The summed E-state index contributed by atoms with van der Waals surface area (Å²) < 4.78 is 6.35. The number of carbonyl (C=O) groups excluding carboxylic acids is 1. The summed E-state index contributed by atoms with van der Waals surface area (Å²) in [5.74, 6) is 0. The largest absolute Gasteiger partial charge is 0.442 e. The number of aromatic nitrogens is 2. The zero-order chi connectivity index (χ0) is 11.5. The predicted molar refractivity (Wildman–Crippen MR) is 58.6 cm³/mol. The second-order valence-electron chi connectivity index (χ2n) is 4.20. The highest BCUT2D eigenvalue weighted by molar-refractivity contribution is 5.70. The molecule has 15 heavy (non-hydrogen) atoms. The monoisotopic (exact) mass is 208 g/mol. The normalized spacial score (nSPS) is 12.0. The van der Waals surface area contributed by atoms with E-state index in [2.05, 4.69) is 5.10 Å². The van der Waals surface area contributed by atoms with Crippen molar-refractivity contribution in [1.29, 1.82) is 0 Å². The molecule has 0 bridgehead atoms. The topological polar surface area (TPSA) is 44.1 Å². The molecule has 0 saturated heterocycles. The van der Waals surface area contributed by atoms with Gasteiger partial charge in [0.1, 0.15) is 5.60 Å². The molecule has 1 aromatic heterocycles. The summed E-state index contributed by atoms with van der Waals surface area (Å²) in [6.45, 7) is 7.37. The third kappa shape index (κ3) is 3.58. The minimum Gasteiger partial charge on any atom is -0.442 e. The number of nitrogens with zero attached hydrogens (tertiary/aromatic N) is 2. The first-order chi connectivity index (χ1) is 6.92. The van der Waals surface area contributed by atoms with E-state index in [0.717, 1.165) is 5.56 Å². The van der Waals surface area contributed by atoms with Crippen molar-refractivity contribution in [3.63, 3.8) is 0 Å². The van der Waals surface area contributed by atoms with E-state index in [0.29, 0.717) is 0 Å². The second-order valence-corrected chi connectivity index (χ2v) is 4.20. The molecule has 0 radical (unpaired) electrons. The third-order valence-corrected chi connectivity index (χ3v) is 1.54. The molecular weight excluding hydrogens is 192 g/mol. The summed E-state index contributed by atoms with van der Waals surface area (Å²) >= 11 is 0. The van der Waals surface area contributed by atoms with Crippen molar-refractivity contribution >= 4 is 12.2 Å². The molecule has 0 N–H and O–H groups in total. The summed E-state index contributed by atoms with van der Waals surface area (Å²) in [6, 6.07) is 0. The van der Waals surface area contributed by atoms with Crippen molar-refractivity contribution in [3.8, 4) is 0 Å². The van der Waals surface area contributed by atoms with Gasteiger partial charge in [0.25, 0.3) is 0 Å². The van der Waals surface area contributed by atoms with Crippen LogP contribution in [0, 0.1) is 0 Å². The van der Waals surface area contributed by atoms with E-state index in [9.17, 15) is 4.79 Å². The number of allylic oxidation sites excluding steroid dienone is 1. The molecule has 0 aliphatic rings. The number of carbonyl (C=O) groups is 1. The molecule has 4 heteroatoms. The van der Waals surface area contributed by atoms with E-state index in [1.54, 1.807) is 12.4 Å². The van der Waals surface area contributed by atoms with Crippen LogP contribution in [0.3, 0.4) is 0 Å². The highest BCUT2D eigenvalue weighted by atomic mass is 16.6. The quantitative estimate of drug-likeness (QED) is 0.712. The summed E-state index contributed by atoms with van der Waals surface area (Å²) in [5.41, 5.74) is 0.382. The summed E-state index contributed by atoms with van der Waals surface area (Å²) in [4.78, 5) is 11.5. The molecule has 1 heterocycles. The number of ether oxygens (including phenoxy) is 1. The van der Waals surface area contributed by atoms with E-state index in [1.807, 2.05) is 39.8 Å². The van der Waals surface area contributed by atoms with E-state index < -0.39 is 11.7 Å². The lowest BCUT2D eigenvalue weighted by molar-refractivity contribution is 0.0514.